The number of benzene rings is 2. The second kappa shape index (κ2) is 3.72. The van der Waals surface area contributed by atoms with E-state index in [1.165, 1.54) is 6.07 Å². The molecule has 0 spiro atoms. The lowest BCUT2D eigenvalue weighted by atomic mass is 10.0. The maximum absolute atomic E-state index is 13.6. The van der Waals surface area contributed by atoms with Crippen LogP contribution in [0.5, 0.6) is 0 Å². The minimum Gasteiger partial charge on any atom is -0.359 e. The molecule has 2 aromatic carbocycles. The Morgan fingerprint density at radius 3 is 2.44 bits per heavy atom. The first-order chi connectivity index (χ1) is 8.22. The van der Waals surface area contributed by atoms with Crippen LogP contribution in [0.25, 0.3) is 0 Å². The van der Waals surface area contributed by atoms with Gasteiger partial charge >= 0.3 is 0 Å². The molecule has 3 rings (SSSR count). The Hall–Kier alpha value is -1.67. The molecule has 1 saturated heterocycles. The van der Waals surface area contributed by atoms with Crippen LogP contribution >= 0.6 is 0 Å². The molecule has 0 amide bonds. The van der Waals surface area contributed by atoms with Gasteiger partial charge in [0, 0.05) is 5.56 Å². The molecule has 16 heavy (non-hydrogen) atoms. The van der Waals surface area contributed by atoms with Gasteiger partial charge in [-0.25, -0.2) is 4.39 Å². The van der Waals surface area contributed by atoms with E-state index in [1.807, 2.05) is 30.3 Å². The van der Waals surface area contributed by atoms with Crippen LogP contribution in [0, 0.1) is 5.82 Å². The average molecular weight is 215 g/mol. The highest BCUT2D eigenvalue weighted by Crippen LogP contribution is 2.51. The normalized spacial score (nSPS) is 28.6. The molecule has 80 valence electrons. The molecule has 0 aliphatic carbocycles. The van der Waals surface area contributed by atoms with Crippen molar-refractivity contribution in [3.05, 3.63) is 71.5 Å². The molecule has 0 bridgehead atoms. The maximum Gasteiger partial charge on any atom is 0.129 e. The van der Waals surface area contributed by atoms with Crippen LogP contribution in [-0.4, -0.2) is 0 Å². The van der Waals surface area contributed by atoms with E-state index in [2.05, 4.69) is 0 Å². The largest absolute Gasteiger partial charge is 0.359 e. The molecule has 0 saturated carbocycles. The van der Waals surface area contributed by atoms with Crippen LogP contribution in [0.2, 0.25) is 0 Å². The summed E-state index contributed by atoms with van der Waals surface area (Å²) in [4.78, 5) is 0. The minimum atomic E-state index is -1.14. The molecule has 2 aromatic rings. The van der Waals surface area contributed by atoms with Gasteiger partial charge in [0.2, 0.25) is 0 Å². The molecule has 0 radical (unpaired) electrons. The summed E-state index contributed by atoms with van der Waals surface area (Å²) in [6.45, 7) is 0. The van der Waals surface area contributed by atoms with Crippen LogP contribution in [0.1, 0.15) is 24.7 Å². The van der Waals surface area contributed by atoms with Crippen molar-refractivity contribution in [1.29, 1.82) is 0 Å². The molecule has 1 aliphatic heterocycles. The first kappa shape index (κ1) is 8.48. The second-order valence-corrected chi connectivity index (χ2v) is 3.75. The van der Waals surface area contributed by atoms with Crippen molar-refractivity contribution in [3.63, 3.8) is 0 Å². The van der Waals surface area contributed by atoms with Gasteiger partial charge in [0.05, 0.1) is 1.37 Å². The number of halogens is 1. The van der Waals surface area contributed by atoms with Crippen molar-refractivity contribution in [2.24, 2.45) is 0 Å². The van der Waals surface area contributed by atoms with Gasteiger partial charge < -0.3 is 4.74 Å². The SMILES string of the molecule is [2H][C@@]1(c2ccccc2)O[C@H]1c1ccccc1F. The number of rotatable bonds is 2. The van der Waals surface area contributed by atoms with Crippen LogP contribution in [0.4, 0.5) is 4.39 Å². The topological polar surface area (TPSA) is 12.5 Å². The fourth-order valence-electron chi connectivity index (χ4n) is 1.81. The average Bonchev–Trinajstić information content (AvgIpc) is 3.05. The van der Waals surface area contributed by atoms with Crippen molar-refractivity contribution >= 4 is 0 Å². The summed E-state index contributed by atoms with van der Waals surface area (Å²) in [6, 6.07) is 15.7. The third kappa shape index (κ3) is 1.61. The minimum absolute atomic E-state index is 0.317. The lowest BCUT2D eigenvalue weighted by Gasteiger charge is -1.98. The third-order valence-electron chi connectivity index (χ3n) is 2.67. The van der Waals surface area contributed by atoms with Gasteiger partial charge in [-0.3, -0.25) is 0 Å². The van der Waals surface area contributed by atoms with Crippen molar-refractivity contribution in [2.45, 2.75) is 12.2 Å². The summed E-state index contributed by atoms with van der Waals surface area (Å²) in [5, 5.41) is 0. The summed E-state index contributed by atoms with van der Waals surface area (Å²) >= 11 is 0. The summed E-state index contributed by atoms with van der Waals surface area (Å²) in [7, 11) is 0. The van der Waals surface area contributed by atoms with E-state index in [9.17, 15) is 4.39 Å². The van der Waals surface area contributed by atoms with Gasteiger partial charge in [0.1, 0.15) is 18.0 Å². The van der Waals surface area contributed by atoms with Crippen LogP contribution in [-0.2, 0) is 4.74 Å². The Bertz CT molecular complexity index is 543. The molecule has 1 heterocycles. The fourth-order valence-corrected chi connectivity index (χ4v) is 1.81. The van der Waals surface area contributed by atoms with Crippen molar-refractivity contribution in [1.82, 2.24) is 0 Å². The Labute approximate surface area is 94.9 Å². The molecule has 2 heteroatoms. The molecule has 2 atom stereocenters. The zero-order valence-corrected chi connectivity index (χ0v) is 8.56. The number of ether oxygens (including phenoxy) is 1. The Balaban J connectivity index is 1.94. The molecule has 1 aliphatic rings. The Morgan fingerprint density at radius 2 is 1.69 bits per heavy atom. The van der Waals surface area contributed by atoms with Gasteiger partial charge in [-0.1, -0.05) is 48.5 Å². The van der Waals surface area contributed by atoms with E-state index in [1.54, 1.807) is 18.2 Å². The van der Waals surface area contributed by atoms with Gasteiger partial charge in [0.25, 0.3) is 0 Å². The highest BCUT2D eigenvalue weighted by molar-refractivity contribution is 5.30. The number of epoxide rings is 1. The Morgan fingerprint density at radius 1 is 1.00 bits per heavy atom. The number of hydrogen-bond acceptors (Lipinski definition) is 1. The summed E-state index contributed by atoms with van der Waals surface area (Å²) < 4.78 is 27.1. The first-order valence-electron chi connectivity index (χ1n) is 5.69. The van der Waals surface area contributed by atoms with Crippen LogP contribution < -0.4 is 0 Å². The third-order valence-corrected chi connectivity index (χ3v) is 2.67. The lowest BCUT2D eigenvalue weighted by molar-refractivity contribution is 0.373. The molecule has 1 nitrogen and oxygen atoms in total. The van der Waals surface area contributed by atoms with Gasteiger partial charge in [-0.2, -0.15) is 0 Å². The van der Waals surface area contributed by atoms with E-state index >= 15 is 0 Å². The summed E-state index contributed by atoms with van der Waals surface area (Å²) in [5.74, 6) is -0.317. The van der Waals surface area contributed by atoms with E-state index in [0.29, 0.717) is 5.56 Å². The van der Waals surface area contributed by atoms with Crippen molar-refractivity contribution in [2.75, 3.05) is 0 Å². The van der Waals surface area contributed by atoms with Gasteiger partial charge in [0.15, 0.2) is 0 Å². The molecule has 0 aromatic heterocycles. The first-order valence-corrected chi connectivity index (χ1v) is 5.19. The zero-order chi connectivity index (χ0) is 11.9. The highest BCUT2D eigenvalue weighted by atomic mass is 19.1. The van der Waals surface area contributed by atoms with Crippen molar-refractivity contribution < 1.29 is 10.5 Å². The quantitative estimate of drug-likeness (QED) is 0.697. The van der Waals surface area contributed by atoms with Gasteiger partial charge in [-0.05, 0) is 11.6 Å². The van der Waals surface area contributed by atoms with Crippen LogP contribution in [0.3, 0.4) is 0 Å². The predicted octanol–water partition coefficient (Wildman–Crippen LogP) is 3.64. The fraction of sp³-hybridized carbons (Fsp3) is 0.143. The standard InChI is InChI=1S/C14H11FO/c15-12-9-5-4-8-11(12)14-13(16-14)10-6-2-1-3-7-10/h1-9,13-14H/t13-,14-/m0/s1/i13D. The van der Waals surface area contributed by atoms with E-state index in [0.717, 1.165) is 5.56 Å². The van der Waals surface area contributed by atoms with Gasteiger partial charge in [-0.15, -0.1) is 0 Å². The number of hydrogen-bond donors (Lipinski definition) is 0. The Kier molecular flexibility index (Phi) is 1.97. The lowest BCUT2D eigenvalue weighted by Crippen LogP contribution is -1.88. The van der Waals surface area contributed by atoms with E-state index in [-0.39, 0.29) is 5.82 Å². The molecule has 1 fully saturated rings. The summed E-state index contributed by atoms with van der Waals surface area (Å²) in [5.41, 5.74) is 1.21. The predicted molar refractivity (Wildman–Crippen MR) is 59.4 cm³/mol. The maximum atomic E-state index is 13.6. The molecule has 0 unspecified atom stereocenters. The zero-order valence-electron chi connectivity index (χ0n) is 9.56. The van der Waals surface area contributed by atoms with E-state index < -0.39 is 12.2 Å². The van der Waals surface area contributed by atoms with E-state index in [4.69, 9.17) is 6.11 Å². The molecular formula is C14H11FO. The van der Waals surface area contributed by atoms with Crippen molar-refractivity contribution in [3.8, 4) is 0 Å². The molecular weight excluding hydrogens is 203 g/mol. The highest BCUT2D eigenvalue weighted by Gasteiger charge is 2.42. The molecule has 0 N–H and O–H groups in total. The smallest absolute Gasteiger partial charge is 0.129 e. The monoisotopic (exact) mass is 215 g/mol. The van der Waals surface area contributed by atoms with Crippen LogP contribution in [0.15, 0.2) is 54.6 Å². The summed E-state index contributed by atoms with van der Waals surface area (Å²) in [6.07, 6.45) is -1.64. The second-order valence-electron chi connectivity index (χ2n) is 3.75.